The summed E-state index contributed by atoms with van der Waals surface area (Å²) in [5.41, 5.74) is 0. The first-order valence-corrected chi connectivity index (χ1v) is 8.35. The molecule has 0 saturated carbocycles. The maximum absolute atomic E-state index is 11.7. The summed E-state index contributed by atoms with van der Waals surface area (Å²) in [6, 6.07) is 0. The van der Waals surface area contributed by atoms with Crippen molar-refractivity contribution >= 4 is 16.4 Å². The Hall–Kier alpha value is 0.247. The second-order valence-electron chi connectivity index (χ2n) is 3.45. The first-order valence-electron chi connectivity index (χ1n) is 5.01. The lowest BCUT2D eigenvalue weighted by Gasteiger charge is -2.42. The molecular formula is C8H21O6PSi. The Morgan fingerprint density at radius 3 is 1.44 bits per heavy atom. The molecule has 0 spiro atoms. The number of hydrogen-bond donors (Lipinski definition) is 2. The zero-order chi connectivity index (χ0) is 13.0. The van der Waals surface area contributed by atoms with Gasteiger partial charge in [0.05, 0.1) is 0 Å². The van der Waals surface area contributed by atoms with E-state index in [0.717, 1.165) is 0 Å². The summed E-state index contributed by atoms with van der Waals surface area (Å²) in [5.74, 6) is 0. The average molecular weight is 272 g/mol. The molecule has 0 aliphatic heterocycles. The zero-order valence-corrected chi connectivity index (χ0v) is 12.3. The quantitative estimate of drug-likeness (QED) is 0.534. The minimum absolute atomic E-state index is 0.232. The van der Waals surface area contributed by atoms with Crippen LogP contribution in [0.1, 0.15) is 26.7 Å². The molecule has 0 fully saturated rings. The van der Waals surface area contributed by atoms with Crippen molar-refractivity contribution in [3.8, 4) is 0 Å². The summed E-state index contributed by atoms with van der Waals surface area (Å²) in [4.78, 5) is 19.1. The van der Waals surface area contributed by atoms with E-state index in [-0.39, 0.29) is 12.8 Å². The second kappa shape index (κ2) is 5.73. The smallest absolute Gasteiger partial charge is 0.376 e. The predicted molar refractivity (Wildman–Crippen MR) is 62.1 cm³/mol. The number of rotatable bonds is 7. The van der Waals surface area contributed by atoms with E-state index in [2.05, 4.69) is 0 Å². The minimum Gasteiger partial charge on any atom is -0.376 e. The number of hydrogen-bond acceptors (Lipinski definition) is 4. The van der Waals surface area contributed by atoms with Gasteiger partial charge >= 0.3 is 16.4 Å². The van der Waals surface area contributed by atoms with Crippen molar-refractivity contribution in [3.63, 3.8) is 0 Å². The summed E-state index contributed by atoms with van der Waals surface area (Å²) < 4.78 is 26.0. The lowest BCUT2D eigenvalue weighted by molar-refractivity contribution is 0.0979. The normalized spacial score (nSPS) is 14.2. The van der Waals surface area contributed by atoms with Crippen molar-refractivity contribution in [1.82, 2.24) is 0 Å². The van der Waals surface area contributed by atoms with Gasteiger partial charge in [-0.1, -0.05) is 13.8 Å². The van der Waals surface area contributed by atoms with Gasteiger partial charge in [-0.2, -0.15) is 0 Å². The van der Waals surface area contributed by atoms with E-state index in [0.29, 0.717) is 0 Å². The fraction of sp³-hybridized carbons (Fsp3) is 1.00. The fourth-order valence-corrected chi connectivity index (χ4v) is 7.67. The molecule has 6 nitrogen and oxygen atoms in total. The van der Waals surface area contributed by atoms with Gasteiger partial charge in [0.25, 0.3) is 0 Å². The molecule has 0 aliphatic carbocycles. The van der Waals surface area contributed by atoms with Crippen molar-refractivity contribution < 1.29 is 27.6 Å². The van der Waals surface area contributed by atoms with Gasteiger partial charge in [-0.05, 0) is 12.8 Å². The van der Waals surface area contributed by atoms with Crippen LogP contribution in [-0.4, -0.2) is 44.7 Å². The molecule has 0 aromatic rings. The van der Waals surface area contributed by atoms with Crippen molar-refractivity contribution in [2.45, 2.75) is 31.5 Å². The second-order valence-corrected chi connectivity index (χ2v) is 9.11. The van der Waals surface area contributed by atoms with Gasteiger partial charge in [0.15, 0.2) is 0 Å². The van der Waals surface area contributed by atoms with Crippen LogP contribution in [0.25, 0.3) is 0 Å². The van der Waals surface area contributed by atoms with Crippen molar-refractivity contribution in [1.29, 1.82) is 0 Å². The summed E-state index contributed by atoms with van der Waals surface area (Å²) in [6.45, 7) is 3.39. The van der Waals surface area contributed by atoms with E-state index >= 15 is 0 Å². The highest BCUT2D eigenvalue weighted by atomic mass is 31.2. The molecule has 0 aliphatic rings. The van der Waals surface area contributed by atoms with Gasteiger partial charge < -0.3 is 23.1 Å². The van der Waals surface area contributed by atoms with Crippen LogP contribution in [0.2, 0.25) is 0 Å². The van der Waals surface area contributed by atoms with Crippen LogP contribution < -0.4 is 0 Å². The Balaban J connectivity index is 5.74. The van der Waals surface area contributed by atoms with Gasteiger partial charge in [0.2, 0.25) is 0 Å². The molecule has 0 bridgehead atoms. The third kappa shape index (κ3) is 2.26. The highest BCUT2D eigenvalue weighted by molar-refractivity contribution is 7.56. The molecule has 2 N–H and O–H groups in total. The maximum Gasteiger partial charge on any atom is 0.519 e. The Morgan fingerprint density at radius 1 is 1.06 bits per heavy atom. The van der Waals surface area contributed by atoms with Crippen molar-refractivity contribution in [2.75, 3.05) is 21.3 Å². The van der Waals surface area contributed by atoms with Crippen LogP contribution in [0.3, 0.4) is 0 Å². The van der Waals surface area contributed by atoms with Crippen molar-refractivity contribution in [2.24, 2.45) is 0 Å². The third-order valence-electron chi connectivity index (χ3n) is 3.10. The summed E-state index contributed by atoms with van der Waals surface area (Å²) >= 11 is 0. The summed E-state index contributed by atoms with van der Waals surface area (Å²) in [7, 11) is -3.72. The maximum atomic E-state index is 11.7. The molecule has 0 aromatic carbocycles. The zero-order valence-electron chi connectivity index (χ0n) is 10.4. The van der Waals surface area contributed by atoms with Gasteiger partial charge in [0, 0.05) is 21.3 Å². The fourth-order valence-electron chi connectivity index (χ4n) is 2.09. The average Bonchev–Trinajstić information content (AvgIpc) is 2.24. The molecule has 8 heteroatoms. The topological polar surface area (TPSA) is 85.2 Å². The SMILES string of the molecule is CCC(CC)([Si](OC)(OC)OC)P(=O)(O)O. The van der Waals surface area contributed by atoms with E-state index < -0.39 is 21.2 Å². The molecule has 0 radical (unpaired) electrons. The van der Waals surface area contributed by atoms with Crippen LogP contribution in [0.15, 0.2) is 0 Å². The largest absolute Gasteiger partial charge is 0.519 e. The molecule has 16 heavy (non-hydrogen) atoms. The molecule has 98 valence electrons. The Kier molecular flexibility index (Phi) is 5.81. The van der Waals surface area contributed by atoms with Crippen molar-refractivity contribution in [3.05, 3.63) is 0 Å². The van der Waals surface area contributed by atoms with Gasteiger partial charge in [0.1, 0.15) is 4.78 Å². The first-order chi connectivity index (χ1) is 7.30. The molecule has 0 heterocycles. The molecular weight excluding hydrogens is 251 g/mol. The van der Waals surface area contributed by atoms with E-state index in [1.54, 1.807) is 13.8 Å². The van der Waals surface area contributed by atoms with E-state index in [1.165, 1.54) is 21.3 Å². The molecule has 0 rings (SSSR count). The van der Waals surface area contributed by atoms with Crippen LogP contribution in [-0.2, 0) is 17.8 Å². The standard InChI is InChI=1S/C8H21O6PSi/c1-6-8(7-2,15(9,10)11)16(12-3,13-4)14-5/h6-7H2,1-5H3,(H2,9,10,11). The molecule has 0 atom stereocenters. The first kappa shape index (κ1) is 16.2. The minimum atomic E-state index is -4.39. The Morgan fingerprint density at radius 2 is 1.38 bits per heavy atom. The predicted octanol–water partition coefficient (Wildman–Crippen LogP) is 1.14. The van der Waals surface area contributed by atoms with Crippen LogP contribution >= 0.6 is 7.60 Å². The molecule has 0 amide bonds. The lowest BCUT2D eigenvalue weighted by Crippen LogP contribution is -2.62. The van der Waals surface area contributed by atoms with Crippen LogP contribution in [0, 0.1) is 0 Å². The highest BCUT2D eigenvalue weighted by Crippen LogP contribution is 2.59. The van der Waals surface area contributed by atoms with Gasteiger partial charge in [-0.25, -0.2) is 0 Å². The van der Waals surface area contributed by atoms with E-state index in [4.69, 9.17) is 13.3 Å². The molecule has 0 saturated heterocycles. The van der Waals surface area contributed by atoms with E-state index in [1.807, 2.05) is 0 Å². The molecule has 0 aromatic heterocycles. The summed E-state index contributed by atoms with van der Waals surface area (Å²) in [5, 5.41) is 0. The van der Waals surface area contributed by atoms with Gasteiger partial charge in [-0.15, -0.1) is 0 Å². The summed E-state index contributed by atoms with van der Waals surface area (Å²) in [6.07, 6.45) is 0.463. The monoisotopic (exact) mass is 272 g/mol. The van der Waals surface area contributed by atoms with E-state index in [9.17, 15) is 14.4 Å². The Labute approximate surface area is 97.4 Å². The van der Waals surface area contributed by atoms with Crippen LogP contribution in [0.4, 0.5) is 0 Å². The third-order valence-corrected chi connectivity index (χ3v) is 10.0. The van der Waals surface area contributed by atoms with Gasteiger partial charge in [-0.3, -0.25) is 4.57 Å². The van der Waals surface area contributed by atoms with Crippen LogP contribution in [0.5, 0.6) is 0 Å². The Bertz CT molecular complexity index is 249. The highest BCUT2D eigenvalue weighted by Gasteiger charge is 2.67. The lowest BCUT2D eigenvalue weighted by atomic mass is 10.2. The molecule has 0 unspecified atom stereocenters.